The third-order valence-electron chi connectivity index (χ3n) is 3.91. The molecule has 0 amide bonds. The zero-order valence-corrected chi connectivity index (χ0v) is 13.7. The van der Waals surface area contributed by atoms with Crippen LogP contribution in [0.4, 0.5) is 0 Å². The topological polar surface area (TPSA) is 24.5 Å². The third kappa shape index (κ3) is 9.24. The van der Waals surface area contributed by atoms with Crippen LogP contribution in [-0.2, 0) is 4.74 Å². The van der Waals surface area contributed by atoms with E-state index in [-0.39, 0.29) is 0 Å². The van der Waals surface area contributed by atoms with E-state index >= 15 is 0 Å². The van der Waals surface area contributed by atoms with Gasteiger partial charge < -0.3 is 15.0 Å². The molecule has 1 atom stereocenters. The molecule has 0 saturated heterocycles. The maximum atomic E-state index is 5.74. The Kier molecular flexibility index (Phi) is 9.56. The molecule has 0 spiro atoms. The first kappa shape index (κ1) is 17.4. The number of nitrogens with one attached hydrogen (secondary N) is 1. The van der Waals surface area contributed by atoms with Gasteiger partial charge in [-0.1, -0.05) is 40.0 Å². The van der Waals surface area contributed by atoms with Gasteiger partial charge in [-0.2, -0.15) is 0 Å². The number of hydrogen-bond acceptors (Lipinski definition) is 3. The zero-order chi connectivity index (χ0) is 14.6. The molecule has 0 aromatic heterocycles. The van der Waals surface area contributed by atoms with Crippen LogP contribution in [-0.4, -0.2) is 31.3 Å². The van der Waals surface area contributed by atoms with Crippen LogP contribution in [0.25, 0.3) is 0 Å². The Morgan fingerprint density at radius 3 is 2.60 bits per heavy atom. The standard InChI is InChI=1S/C17H34N2O/c1-16(2)7-6-8-17(3)9-14-20-13-5-4-11-19-12-10-18-15-19/h10,12,16-18H,4-9,11,13-15H2,1-3H3. The Morgan fingerprint density at radius 2 is 1.90 bits per heavy atom. The fourth-order valence-electron chi connectivity index (χ4n) is 2.46. The van der Waals surface area contributed by atoms with Gasteiger partial charge in [0.05, 0.1) is 6.67 Å². The average molecular weight is 282 g/mol. The van der Waals surface area contributed by atoms with E-state index in [1.165, 1.54) is 38.5 Å². The number of rotatable bonds is 12. The predicted molar refractivity (Wildman–Crippen MR) is 86.4 cm³/mol. The van der Waals surface area contributed by atoms with Crippen LogP contribution in [0.1, 0.15) is 59.3 Å². The lowest BCUT2D eigenvalue weighted by Gasteiger charge is -2.15. The van der Waals surface area contributed by atoms with Crippen molar-refractivity contribution < 1.29 is 4.74 Å². The largest absolute Gasteiger partial charge is 0.381 e. The van der Waals surface area contributed by atoms with Gasteiger partial charge in [0.2, 0.25) is 0 Å². The molecule has 1 aliphatic rings. The van der Waals surface area contributed by atoms with Crippen LogP contribution in [0.5, 0.6) is 0 Å². The van der Waals surface area contributed by atoms with Crippen molar-refractivity contribution in [1.82, 2.24) is 10.2 Å². The minimum atomic E-state index is 0.814. The molecule has 0 radical (unpaired) electrons. The molecule has 1 aliphatic heterocycles. The Labute approximate surface area is 125 Å². The van der Waals surface area contributed by atoms with E-state index in [0.29, 0.717) is 0 Å². The predicted octanol–water partition coefficient (Wildman–Crippen LogP) is 3.97. The van der Waals surface area contributed by atoms with Crippen LogP contribution in [0.2, 0.25) is 0 Å². The van der Waals surface area contributed by atoms with Crippen molar-refractivity contribution in [2.24, 2.45) is 11.8 Å². The molecule has 118 valence electrons. The van der Waals surface area contributed by atoms with E-state index in [4.69, 9.17) is 4.74 Å². The summed E-state index contributed by atoms with van der Waals surface area (Å²) in [5, 5.41) is 3.18. The Morgan fingerprint density at radius 1 is 1.05 bits per heavy atom. The molecular weight excluding hydrogens is 248 g/mol. The van der Waals surface area contributed by atoms with Crippen molar-refractivity contribution in [2.75, 3.05) is 26.4 Å². The van der Waals surface area contributed by atoms with Gasteiger partial charge in [0.15, 0.2) is 0 Å². The van der Waals surface area contributed by atoms with Crippen molar-refractivity contribution in [1.29, 1.82) is 0 Å². The highest BCUT2D eigenvalue weighted by Crippen LogP contribution is 2.15. The summed E-state index contributed by atoms with van der Waals surface area (Å²) in [4.78, 5) is 2.30. The summed E-state index contributed by atoms with van der Waals surface area (Å²) in [6, 6.07) is 0. The van der Waals surface area contributed by atoms with E-state index in [1.807, 2.05) is 6.20 Å². The molecule has 1 rings (SSSR count). The minimum absolute atomic E-state index is 0.814. The van der Waals surface area contributed by atoms with E-state index in [0.717, 1.165) is 38.3 Å². The minimum Gasteiger partial charge on any atom is -0.381 e. The summed E-state index contributed by atoms with van der Waals surface area (Å²) in [5.74, 6) is 1.66. The van der Waals surface area contributed by atoms with Crippen molar-refractivity contribution >= 4 is 0 Å². The highest BCUT2D eigenvalue weighted by molar-refractivity contribution is 4.86. The van der Waals surface area contributed by atoms with Crippen LogP contribution in [0.3, 0.4) is 0 Å². The van der Waals surface area contributed by atoms with Gasteiger partial charge in [-0.25, -0.2) is 0 Å². The summed E-state index contributed by atoms with van der Waals surface area (Å²) < 4.78 is 5.74. The van der Waals surface area contributed by atoms with Gasteiger partial charge in [0.25, 0.3) is 0 Å². The van der Waals surface area contributed by atoms with E-state index in [1.54, 1.807) is 0 Å². The molecule has 1 N–H and O–H groups in total. The summed E-state index contributed by atoms with van der Waals surface area (Å²) >= 11 is 0. The lowest BCUT2D eigenvalue weighted by Crippen LogP contribution is -2.21. The second kappa shape index (κ2) is 11.0. The monoisotopic (exact) mass is 282 g/mol. The summed E-state index contributed by atoms with van der Waals surface area (Å²) in [7, 11) is 0. The first-order valence-electron chi connectivity index (χ1n) is 8.40. The van der Waals surface area contributed by atoms with Gasteiger partial charge >= 0.3 is 0 Å². The highest BCUT2D eigenvalue weighted by atomic mass is 16.5. The summed E-state index contributed by atoms with van der Waals surface area (Å²) in [6.45, 7) is 10.9. The van der Waals surface area contributed by atoms with Gasteiger partial charge in [0, 0.05) is 32.2 Å². The Bertz CT molecular complexity index is 253. The van der Waals surface area contributed by atoms with E-state index < -0.39 is 0 Å². The molecule has 0 aromatic rings. The van der Waals surface area contributed by atoms with Gasteiger partial charge in [-0.3, -0.25) is 0 Å². The third-order valence-corrected chi connectivity index (χ3v) is 3.91. The van der Waals surface area contributed by atoms with Crippen LogP contribution >= 0.6 is 0 Å². The molecule has 0 saturated carbocycles. The second-order valence-electron chi connectivity index (χ2n) is 6.53. The molecule has 1 unspecified atom stereocenters. The lowest BCUT2D eigenvalue weighted by molar-refractivity contribution is 0.115. The summed E-state index contributed by atoms with van der Waals surface area (Å²) in [5.41, 5.74) is 0. The van der Waals surface area contributed by atoms with Crippen molar-refractivity contribution in [3.63, 3.8) is 0 Å². The first-order chi connectivity index (χ1) is 9.68. The first-order valence-corrected chi connectivity index (χ1v) is 8.40. The second-order valence-corrected chi connectivity index (χ2v) is 6.53. The van der Waals surface area contributed by atoms with Crippen LogP contribution < -0.4 is 5.32 Å². The molecular formula is C17H34N2O. The number of ether oxygens (including phenoxy) is 1. The Balaban J connectivity index is 1.80. The quantitative estimate of drug-likeness (QED) is 0.548. The molecule has 1 heterocycles. The molecule has 0 fully saturated rings. The normalized spacial score (nSPS) is 15.9. The molecule has 20 heavy (non-hydrogen) atoms. The maximum Gasteiger partial charge on any atom is 0.0867 e. The smallest absolute Gasteiger partial charge is 0.0867 e. The van der Waals surface area contributed by atoms with Crippen LogP contribution in [0.15, 0.2) is 12.4 Å². The molecule has 3 nitrogen and oxygen atoms in total. The van der Waals surface area contributed by atoms with Crippen molar-refractivity contribution in [2.45, 2.75) is 59.3 Å². The number of unbranched alkanes of at least 4 members (excludes halogenated alkanes) is 1. The van der Waals surface area contributed by atoms with Gasteiger partial charge in [-0.05, 0) is 31.1 Å². The van der Waals surface area contributed by atoms with Crippen molar-refractivity contribution in [3.8, 4) is 0 Å². The van der Waals surface area contributed by atoms with Gasteiger partial charge in [-0.15, -0.1) is 0 Å². The van der Waals surface area contributed by atoms with Crippen molar-refractivity contribution in [3.05, 3.63) is 12.4 Å². The summed E-state index contributed by atoms with van der Waals surface area (Å²) in [6.07, 6.45) is 11.8. The number of hydrogen-bond donors (Lipinski definition) is 1. The zero-order valence-electron chi connectivity index (χ0n) is 13.7. The van der Waals surface area contributed by atoms with E-state index in [9.17, 15) is 0 Å². The Hall–Kier alpha value is -0.700. The molecule has 0 aliphatic carbocycles. The van der Waals surface area contributed by atoms with Crippen LogP contribution in [0, 0.1) is 11.8 Å². The number of nitrogens with zero attached hydrogens (tertiary/aromatic N) is 1. The average Bonchev–Trinajstić information content (AvgIpc) is 2.90. The van der Waals surface area contributed by atoms with Gasteiger partial charge in [0.1, 0.15) is 0 Å². The van der Waals surface area contributed by atoms with E-state index in [2.05, 4.69) is 37.2 Å². The maximum absolute atomic E-state index is 5.74. The highest BCUT2D eigenvalue weighted by Gasteiger charge is 2.04. The molecule has 0 aromatic carbocycles. The fourth-order valence-corrected chi connectivity index (χ4v) is 2.46. The lowest BCUT2D eigenvalue weighted by atomic mass is 9.98. The molecule has 0 bridgehead atoms. The fraction of sp³-hybridized carbons (Fsp3) is 0.882. The molecule has 3 heteroatoms. The SMILES string of the molecule is CC(C)CCCC(C)CCOCCCCN1C=CNC1.